The van der Waals surface area contributed by atoms with Gasteiger partial charge in [0.05, 0.1) is 23.3 Å². The first-order valence-corrected chi connectivity index (χ1v) is 8.62. The van der Waals surface area contributed by atoms with E-state index in [2.05, 4.69) is 36.1 Å². The van der Waals surface area contributed by atoms with Gasteiger partial charge in [-0.15, -0.1) is 5.10 Å². The van der Waals surface area contributed by atoms with Gasteiger partial charge in [0.25, 0.3) is 0 Å². The van der Waals surface area contributed by atoms with Crippen molar-refractivity contribution in [2.24, 2.45) is 0 Å². The normalized spacial score (nSPS) is 13.5. The van der Waals surface area contributed by atoms with Crippen molar-refractivity contribution in [3.8, 4) is 5.69 Å². The largest absolute Gasteiger partial charge is 0.373 e. The third-order valence-electron chi connectivity index (χ3n) is 4.46. The Morgan fingerprint density at radius 3 is 2.70 bits per heavy atom. The van der Waals surface area contributed by atoms with E-state index in [0.29, 0.717) is 17.7 Å². The van der Waals surface area contributed by atoms with Crippen LogP contribution >= 0.6 is 0 Å². The number of halogens is 1. The molecule has 2 heterocycles. The summed E-state index contributed by atoms with van der Waals surface area (Å²) >= 11 is 0. The number of nitrogens with one attached hydrogen (secondary N) is 2. The number of benzene rings is 1. The van der Waals surface area contributed by atoms with E-state index >= 15 is 0 Å². The smallest absolute Gasteiger partial charge is 0.229 e. The molecule has 0 unspecified atom stereocenters. The zero-order valence-corrected chi connectivity index (χ0v) is 15.3. The van der Waals surface area contributed by atoms with Crippen LogP contribution in [0.3, 0.4) is 0 Å². The number of hydrogen-bond donors (Lipinski definition) is 2. The summed E-state index contributed by atoms with van der Waals surface area (Å²) in [5.74, 6) is 0.929. The molecule has 10 heteroatoms. The van der Waals surface area contributed by atoms with Crippen LogP contribution in [0.5, 0.6) is 0 Å². The van der Waals surface area contributed by atoms with Gasteiger partial charge in [-0.05, 0) is 46.9 Å². The molecule has 3 aromatic rings. The average Bonchev–Trinajstić information content (AvgIpc) is 3.36. The fourth-order valence-electron chi connectivity index (χ4n) is 2.93. The predicted molar refractivity (Wildman–Crippen MR) is 100 cm³/mol. The zero-order valence-electron chi connectivity index (χ0n) is 15.3. The quantitative estimate of drug-likeness (QED) is 0.683. The highest BCUT2D eigenvalue weighted by Crippen LogP contribution is 2.44. The van der Waals surface area contributed by atoms with Crippen molar-refractivity contribution in [2.45, 2.75) is 18.8 Å². The van der Waals surface area contributed by atoms with Crippen LogP contribution in [0.4, 0.5) is 27.5 Å². The van der Waals surface area contributed by atoms with Crippen LogP contribution in [0.2, 0.25) is 0 Å². The minimum Gasteiger partial charge on any atom is -0.373 e. The summed E-state index contributed by atoms with van der Waals surface area (Å²) < 4.78 is 16.3. The lowest BCUT2D eigenvalue weighted by atomic mass is 10.1. The maximum Gasteiger partial charge on any atom is 0.229 e. The summed E-state index contributed by atoms with van der Waals surface area (Å²) in [6.07, 6.45) is 5.27. The van der Waals surface area contributed by atoms with Gasteiger partial charge in [-0.2, -0.15) is 4.98 Å². The standard InChI is InChI=1S/C17H20FN9/c1-19-16-15(26(2)3)8-20-17(23-16)22-13-7-14(27-9-21-24-25-27)11(6-12(13)18)10-4-5-10/h6-10H,4-5H2,1-3H3,(H2,19,20,22,23). The molecule has 27 heavy (non-hydrogen) atoms. The van der Waals surface area contributed by atoms with Crippen molar-refractivity contribution < 1.29 is 4.39 Å². The molecule has 2 N–H and O–H groups in total. The molecule has 0 aliphatic heterocycles. The van der Waals surface area contributed by atoms with E-state index in [9.17, 15) is 4.39 Å². The van der Waals surface area contributed by atoms with Gasteiger partial charge in [-0.1, -0.05) is 0 Å². The van der Waals surface area contributed by atoms with Crippen molar-refractivity contribution in [1.29, 1.82) is 0 Å². The highest BCUT2D eigenvalue weighted by Gasteiger charge is 2.28. The van der Waals surface area contributed by atoms with Crippen molar-refractivity contribution >= 4 is 23.1 Å². The Labute approximate surface area is 155 Å². The van der Waals surface area contributed by atoms with E-state index < -0.39 is 0 Å². The Morgan fingerprint density at radius 1 is 1.26 bits per heavy atom. The number of rotatable bonds is 6. The van der Waals surface area contributed by atoms with Crippen LogP contribution in [0.1, 0.15) is 24.3 Å². The Morgan fingerprint density at radius 2 is 2.07 bits per heavy atom. The molecule has 1 aromatic carbocycles. The molecule has 0 amide bonds. The fraction of sp³-hybridized carbons (Fsp3) is 0.353. The highest BCUT2D eigenvalue weighted by molar-refractivity contribution is 5.68. The van der Waals surface area contributed by atoms with Crippen LogP contribution < -0.4 is 15.5 Å². The SMILES string of the molecule is CNc1nc(Nc2cc(-n3cnnn3)c(C3CC3)cc2F)ncc1N(C)C. The Bertz CT molecular complexity index is 951. The second kappa shape index (κ2) is 6.78. The van der Waals surface area contributed by atoms with Gasteiger partial charge in [0.2, 0.25) is 5.95 Å². The van der Waals surface area contributed by atoms with E-state index in [4.69, 9.17) is 0 Å². The monoisotopic (exact) mass is 369 g/mol. The van der Waals surface area contributed by atoms with Crippen LogP contribution in [-0.4, -0.2) is 51.3 Å². The molecule has 1 fully saturated rings. The maximum atomic E-state index is 14.7. The molecule has 0 bridgehead atoms. The van der Waals surface area contributed by atoms with E-state index in [1.807, 2.05) is 19.0 Å². The first kappa shape index (κ1) is 17.1. The van der Waals surface area contributed by atoms with Crippen LogP contribution in [-0.2, 0) is 0 Å². The number of aromatic nitrogens is 6. The lowest BCUT2D eigenvalue weighted by Gasteiger charge is -2.17. The lowest BCUT2D eigenvalue weighted by Crippen LogP contribution is -2.13. The van der Waals surface area contributed by atoms with Crippen LogP contribution in [0.25, 0.3) is 5.69 Å². The minimum atomic E-state index is -0.361. The van der Waals surface area contributed by atoms with E-state index in [1.54, 1.807) is 30.1 Å². The number of hydrogen-bond acceptors (Lipinski definition) is 8. The molecule has 0 atom stereocenters. The predicted octanol–water partition coefficient (Wildman–Crippen LogP) is 2.32. The van der Waals surface area contributed by atoms with Gasteiger partial charge < -0.3 is 15.5 Å². The van der Waals surface area contributed by atoms with Gasteiger partial charge >= 0.3 is 0 Å². The second-order valence-corrected chi connectivity index (χ2v) is 6.62. The number of anilines is 4. The molecule has 2 aromatic heterocycles. The molecular weight excluding hydrogens is 349 g/mol. The highest BCUT2D eigenvalue weighted by atomic mass is 19.1. The van der Waals surface area contributed by atoms with Gasteiger partial charge in [0, 0.05) is 21.1 Å². The molecule has 4 rings (SSSR count). The second-order valence-electron chi connectivity index (χ2n) is 6.62. The lowest BCUT2D eigenvalue weighted by molar-refractivity contribution is 0.627. The van der Waals surface area contributed by atoms with E-state index in [1.165, 1.54) is 6.33 Å². The summed E-state index contributed by atoms with van der Waals surface area (Å²) in [7, 11) is 5.59. The van der Waals surface area contributed by atoms with E-state index in [-0.39, 0.29) is 11.5 Å². The first-order chi connectivity index (χ1) is 13.1. The molecule has 1 saturated carbocycles. The van der Waals surface area contributed by atoms with Gasteiger partial charge in [-0.25, -0.2) is 14.1 Å². The molecular formula is C17H20FN9. The van der Waals surface area contributed by atoms with Crippen molar-refractivity contribution in [1.82, 2.24) is 30.2 Å². The minimum absolute atomic E-state index is 0.268. The maximum absolute atomic E-state index is 14.7. The van der Waals surface area contributed by atoms with Crippen molar-refractivity contribution in [2.75, 3.05) is 36.7 Å². The van der Waals surface area contributed by atoms with Gasteiger partial charge in [0.15, 0.2) is 5.82 Å². The molecule has 0 spiro atoms. The van der Waals surface area contributed by atoms with Crippen molar-refractivity contribution in [3.05, 3.63) is 36.0 Å². The summed E-state index contributed by atoms with van der Waals surface area (Å²) in [5.41, 5.74) is 2.77. The van der Waals surface area contributed by atoms with Gasteiger partial charge in [-0.3, -0.25) is 0 Å². The molecule has 1 aliphatic carbocycles. The summed E-state index contributed by atoms with van der Waals surface area (Å²) in [4.78, 5) is 10.6. The molecule has 0 saturated heterocycles. The topological polar surface area (TPSA) is 96.7 Å². The average molecular weight is 369 g/mol. The molecule has 0 radical (unpaired) electrons. The van der Waals surface area contributed by atoms with Crippen molar-refractivity contribution in [3.63, 3.8) is 0 Å². The Kier molecular flexibility index (Phi) is 4.30. The number of tetrazole rings is 1. The summed E-state index contributed by atoms with van der Waals surface area (Å²) in [6, 6.07) is 3.24. The molecule has 140 valence electrons. The van der Waals surface area contributed by atoms with Gasteiger partial charge in [0.1, 0.15) is 12.1 Å². The van der Waals surface area contributed by atoms with Crippen LogP contribution in [0, 0.1) is 5.82 Å². The zero-order chi connectivity index (χ0) is 19.0. The van der Waals surface area contributed by atoms with Crippen LogP contribution in [0.15, 0.2) is 24.7 Å². The Hall–Kier alpha value is -3.30. The molecule has 1 aliphatic rings. The fourth-order valence-corrected chi connectivity index (χ4v) is 2.93. The third kappa shape index (κ3) is 3.37. The number of nitrogens with zero attached hydrogens (tertiary/aromatic N) is 7. The Balaban J connectivity index is 1.71. The first-order valence-electron chi connectivity index (χ1n) is 8.62. The van der Waals surface area contributed by atoms with E-state index in [0.717, 1.165) is 29.8 Å². The summed E-state index contributed by atoms with van der Waals surface area (Å²) in [5, 5.41) is 17.3. The third-order valence-corrected chi connectivity index (χ3v) is 4.46. The summed E-state index contributed by atoms with van der Waals surface area (Å²) in [6.45, 7) is 0. The molecule has 9 nitrogen and oxygen atoms in total.